The molecule has 0 saturated carbocycles. The third-order valence-electron chi connectivity index (χ3n) is 5.00. The molecule has 4 rings (SSSR count). The minimum absolute atomic E-state index is 0.0318. The highest BCUT2D eigenvalue weighted by atomic mass is 19.4. The van der Waals surface area contributed by atoms with Crippen LogP contribution >= 0.6 is 0 Å². The zero-order valence-corrected chi connectivity index (χ0v) is 15.3. The molecular weight excluding hydrogens is 383 g/mol. The molecule has 1 unspecified atom stereocenters. The van der Waals surface area contributed by atoms with Gasteiger partial charge in [-0.15, -0.1) is 0 Å². The van der Waals surface area contributed by atoms with Crippen LogP contribution in [0.1, 0.15) is 29.0 Å². The number of nitrogens with zero attached hydrogens (tertiary/aromatic N) is 1. The molecule has 2 aliphatic heterocycles. The number of nitrogen functional groups attached to an aromatic ring is 1. The smallest absolute Gasteiger partial charge is 0.416 e. The molecule has 0 radical (unpaired) electrons. The number of carbonyl (C=O) groups excluding carboxylic acids is 1. The summed E-state index contributed by atoms with van der Waals surface area (Å²) in [7, 11) is 0. The molecule has 0 aliphatic carbocycles. The lowest BCUT2D eigenvalue weighted by molar-refractivity contribution is -0.138. The number of hydrogen-bond donors (Lipinski definition) is 2. The first kappa shape index (κ1) is 19.0. The van der Waals surface area contributed by atoms with E-state index in [2.05, 4.69) is 10.3 Å². The molecule has 0 spiro atoms. The number of piperidine rings is 1. The van der Waals surface area contributed by atoms with E-state index in [1.54, 1.807) is 18.2 Å². The Balaban J connectivity index is 1.53. The maximum absolute atomic E-state index is 13.1. The largest absolute Gasteiger partial charge is 0.487 e. The fraction of sp³-hybridized carbons (Fsp3) is 0.238. The van der Waals surface area contributed by atoms with Crippen LogP contribution in [0.4, 0.5) is 18.9 Å². The Morgan fingerprint density at radius 1 is 1.21 bits per heavy atom. The number of hydrogen-bond acceptors (Lipinski definition) is 4. The molecule has 150 valence electrons. The van der Waals surface area contributed by atoms with Crippen molar-refractivity contribution in [2.24, 2.45) is 4.99 Å². The van der Waals surface area contributed by atoms with E-state index in [1.165, 1.54) is 18.2 Å². The molecule has 2 aromatic carbocycles. The Morgan fingerprint density at radius 2 is 2.00 bits per heavy atom. The summed E-state index contributed by atoms with van der Waals surface area (Å²) < 4.78 is 44.9. The van der Waals surface area contributed by atoms with Crippen LogP contribution in [0.3, 0.4) is 0 Å². The zero-order chi connectivity index (χ0) is 20.6. The van der Waals surface area contributed by atoms with Gasteiger partial charge in [0, 0.05) is 23.5 Å². The highest BCUT2D eigenvalue weighted by Crippen LogP contribution is 2.37. The van der Waals surface area contributed by atoms with Crippen LogP contribution in [0.15, 0.2) is 59.1 Å². The lowest BCUT2D eigenvalue weighted by Gasteiger charge is -2.26. The van der Waals surface area contributed by atoms with Crippen LogP contribution < -0.4 is 15.8 Å². The Bertz CT molecular complexity index is 1030. The first-order valence-electron chi connectivity index (χ1n) is 9.05. The quantitative estimate of drug-likeness (QED) is 0.765. The van der Waals surface area contributed by atoms with E-state index >= 15 is 0 Å². The monoisotopic (exact) mass is 401 g/mol. The number of anilines is 1. The summed E-state index contributed by atoms with van der Waals surface area (Å²) in [5.74, 6) is 0.608. The van der Waals surface area contributed by atoms with Crippen molar-refractivity contribution in [1.29, 1.82) is 0 Å². The number of nitrogens with two attached hydrogens (primary N) is 1. The van der Waals surface area contributed by atoms with Gasteiger partial charge in [0.15, 0.2) is 0 Å². The fourth-order valence-corrected chi connectivity index (χ4v) is 3.61. The van der Waals surface area contributed by atoms with Crippen molar-refractivity contribution in [3.05, 3.63) is 70.8 Å². The van der Waals surface area contributed by atoms with Crippen molar-refractivity contribution in [3.63, 3.8) is 0 Å². The number of alkyl halides is 3. The van der Waals surface area contributed by atoms with Gasteiger partial charge in [0.2, 0.25) is 5.91 Å². The lowest BCUT2D eigenvalue weighted by atomic mass is 9.85. The van der Waals surface area contributed by atoms with Gasteiger partial charge in [0.05, 0.1) is 17.8 Å². The molecule has 1 atom stereocenters. The van der Waals surface area contributed by atoms with E-state index in [0.717, 1.165) is 17.2 Å². The van der Waals surface area contributed by atoms with Crippen molar-refractivity contribution in [2.45, 2.75) is 25.1 Å². The summed E-state index contributed by atoms with van der Waals surface area (Å²) in [6.45, 7) is 0.268. The van der Waals surface area contributed by atoms with E-state index in [-0.39, 0.29) is 30.4 Å². The highest BCUT2D eigenvalue weighted by Gasteiger charge is 2.33. The molecule has 2 aliphatic rings. The van der Waals surface area contributed by atoms with Gasteiger partial charge in [-0.3, -0.25) is 9.79 Å². The molecule has 0 bridgehead atoms. The van der Waals surface area contributed by atoms with Crippen molar-refractivity contribution < 1.29 is 22.7 Å². The number of rotatable bonds is 4. The number of carbonyl (C=O) groups is 1. The number of amidine groups is 1. The van der Waals surface area contributed by atoms with Crippen molar-refractivity contribution in [2.75, 3.05) is 12.3 Å². The molecule has 0 aromatic heterocycles. The molecule has 8 heteroatoms. The topological polar surface area (TPSA) is 76.7 Å². The number of ether oxygens (including phenoxy) is 1. The third-order valence-corrected chi connectivity index (χ3v) is 5.00. The standard InChI is InChI=1S/C21H18F3N3O2/c22-21(23,24)16-4-2-1-3-13(16)11-29-18-6-5-12(9-17(18)25)15-10-19(28)27-20-14(15)7-8-26-20/h1-7,9,15H,8,10-11,25H2,(H,26,27,28). The second-order valence-electron chi connectivity index (χ2n) is 6.89. The number of amides is 1. The number of benzene rings is 2. The van der Waals surface area contributed by atoms with Gasteiger partial charge in [-0.2, -0.15) is 13.2 Å². The first-order valence-corrected chi connectivity index (χ1v) is 9.05. The maximum Gasteiger partial charge on any atom is 0.416 e. The van der Waals surface area contributed by atoms with Gasteiger partial charge >= 0.3 is 6.18 Å². The van der Waals surface area contributed by atoms with Crippen LogP contribution in [0, 0.1) is 0 Å². The van der Waals surface area contributed by atoms with Crippen molar-refractivity contribution >= 4 is 17.4 Å². The van der Waals surface area contributed by atoms with Crippen LogP contribution in [-0.2, 0) is 17.6 Å². The highest BCUT2D eigenvalue weighted by molar-refractivity contribution is 6.12. The van der Waals surface area contributed by atoms with E-state index in [1.807, 2.05) is 6.08 Å². The molecule has 5 nitrogen and oxygen atoms in total. The average Bonchev–Trinajstić information content (AvgIpc) is 3.14. The van der Waals surface area contributed by atoms with E-state index in [0.29, 0.717) is 23.8 Å². The molecule has 1 fully saturated rings. The van der Waals surface area contributed by atoms with Crippen LogP contribution in [-0.4, -0.2) is 18.3 Å². The summed E-state index contributed by atoms with van der Waals surface area (Å²) in [5.41, 5.74) is 7.48. The fourth-order valence-electron chi connectivity index (χ4n) is 3.61. The minimum atomic E-state index is -4.45. The van der Waals surface area contributed by atoms with Crippen molar-refractivity contribution in [3.8, 4) is 5.75 Å². The van der Waals surface area contributed by atoms with E-state index in [9.17, 15) is 18.0 Å². The third kappa shape index (κ3) is 3.83. The molecule has 1 amide bonds. The van der Waals surface area contributed by atoms with E-state index in [4.69, 9.17) is 10.5 Å². The Morgan fingerprint density at radius 3 is 2.76 bits per heavy atom. The minimum Gasteiger partial charge on any atom is -0.487 e. The van der Waals surface area contributed by atoms with Gasteiger partial charge in [0.1, 0.15) is 18.2 Å². The summed E-state index contributed by atoms with van der Waals surface area (Å²) >= 11 is 0. The second-order valence-corrected chi connectivity index (χ2v) is 6.89. The molecular formula is C21H18F3N3O2. The molecule has 3 N–H and O–H groups in total. The normalized spacial score (nSPS) is 18.6. The Labute approximate surface area is 165 Å². The SMILES string of the molecule is Nc1cc(C2CC(=O)NC3=NCC=C32)ccc1OCc1ccccc1C(F)(F)F. The Kier molecular flexibility index (Phi) is 4.77. The van der Waals surface area contributed by atoms with Gasteiger partial charge < -0.3 is 15.8 Å². The molecule has 29 heavy (non-hydrogen) atoms. The molecule has 2 aromatic rings. The van der Waals surface area contributed by atoms with Crippen molar-refractivity contribution in [1.82, 2.24) is 5.32 Å². The summed E-state index contributed by atoms with van der Waals surface area (Å²) in [4.78, 5) is 16.2. The van der Waals surface area contributed by atoms with Crippen LogP contribution in [0.5, 0.6) is 5.75 Å². The molecule has 2 heterocycles. The summed E-state index contributed by atoms with van der Waals surface area (Å²) in [5, 5.41) is 2.75. The molecule has 1 saturated heterocycles. The van der Waals surface area contributed by atoms with Gasteiger partial charge in [-0.25, -0.2) is 0 Å². The predicted octanol–water partition coefficient (Wildman–Crippen LogP) is 3.81. The van der Waals surface area contributed by atoms with Gasteiger partial charge in [-0.1, -0.05) is 30.3 Å². The lowest BCUT2D eigenvalue weighted by Crippen LogP contribution is -2.38. The van der Waals surface area contributed by atoms with E-state index < -0.39 is 11.7 Å². The first-order chi connectivity index (χ1) is 13.8. The number of halogens is 3. The van der Waals surface area contributed by atoms with Gasteiger partial charge in [0.25, 0.3) is 0 Å². The average molecular weight is 401 g/mol. The predicted molar refractivity (Wildman–Crippen MR) is 103 cm³/mol. The number of nitrogens with one attached hydrogen (secondary N) is 1. The van der Waals surface area contributed by atoms with Crippen LogP contribution in [0.2, 0.25) is 0 Å². The number of fused-ring (bicyclic) bond motifs is 1. The summed E-state index contributed by atoms with van der Waals surface area (Å²) in [6, 6.07) is 10.4. The number of aliphatic imine (C=N–C) groups is 1. The zero-order valence-electron chi connectivity index (χ0n) is 15.3. The maximum atomic E-state index is 13.1. The Hall–Kier alpha value is -3.29. The van der Waals surface area contributed by atoms with Crippen LogP contribution in [0.25, 0.3) is 0 Å². The summed E-state index contributed by atoms with van der Waals surface area (Å²) in [6.07, 6.45) is -2.21. The van der Waals surface area contributed by atoms with Gasteiger partial charge in [-0.05, 0) is 23.8 Å². The second kappa shape index (κ2) is 7.27.